The zero-order chi connectivity index (χ0) is 19.2. The van der Waals surface area contributed by atoms with Crippen LogP contribution in [0.15, 0.2) is 12.5 Å². The van der Waals surface area contributed by atoms with Gasteiger partial charge in [0.05, 0.1) is 11.6 Å². The van der Waals surface area contributed by atoms with Gasteiger partial charge >= 0.3 is 0 Å². The number of rotatable bonds is 9. The van der Waals surface area contributed by atoms with E-state index in [-0.39, 0.29) is 12.0 Å². The molecular weight excluding hydrogens is 362 g/mol. The third-order valence-electron chi connectivity index (χ3n) is 5.06. The van der Waals surface area contributed by atoms with Gasteiger partial charge < -0.3 is 15.4 Å². The normalized spacial score (nSPS) is 20.4. The second kappa shape index (κ2) is 9.52. The minimum absolute atomic E-state index is 0.0119. The number of H-pyrrole nitrogens is 1. The molecule has 0 radical (unpaired) electrons. The van der Waals surface area contributed by atoms with Gasteiger partial charge in [0.25, 0.3) is 0 Å². The van der Waals surface area contributed by atoms with E-state index in [1.54, 1.807) is 11.8 Å². The van der Waals surface area contributed by atoms with Crippen molar-refractivity contribution in [3.8, 4) is 0 Å². The summed E-state index contributed by atoms with van der Waals surface area (Å²) >= 11 is 1.78. The Morgan fingerprint density at radius 3 is 3.04 bits per heavy atom. The molecule has 1 saturated heterocycles. The zero-order valence-corrected chi connectivity index (χ0v) is 16.9. The van der Waals surface area contributed by atoms with Gasteiger partial charge in [-0.2, -0.15) is 11.8 Å². The molecule has 0 bridgehead atoms. The number of aliphatic hydroxyl groups excluding tert-OH is 1. The van der Waals surface area contributed by atoms with Crippen molar-refractivity contribution in [1.82, 2.24) is 19.9 Å². The minimum Gasteiger partial charge on any atom is -0.391 e. The average molecular weight is 392 g/mol. The second-order valence-electron chi connectivity index (χ2n) is 7.24. The zero-order valence-electron chi connectivity index (χ0n) is 16.1. The molecule has 27 heavy (non-hydrogen) atoms. The first-order chi connectivity index (χ1) is 13.1. The summed E-state index contributed by atoms with van der Waals surface area (Å²) in [7, 11) is 0. The summed E-state index contributed by atoms with van der Waals surface area (Å²) in [5, 5.41) is 13.1. The van der Waals surface area contributed by atoms with Crippen molar-refractivity contribution in [2.75, 3.05) is 30.4 Å². The number of carbonyl (C=O) groups is 1. The topological polar surface area (TPSA) is 94.1 Å². The van der Waals surface area contributed by atoms with Crippen molar-refractivity contribution < 1.29 is 9.90 Å². The number of unbranched alkanes of at least 4 members (excludes halogenated alkanes) is 2. The predicted molar refractivity (Wildman–Crippen MR) is 110 cm³/mol. The Morgan fingerprint density at radius 2 is 2.26 bits per heavy atom. The van der Waals surface area contributed by atoms with Crippen LogP contribution in [0.1, 0.15) is 38.2 Å². The fraction of sp³-hybridized carbons (Fsp3) is 0.632. The van der Waals surface area contributed by atoms with Gasteiger partial charge in [0.2, 0.25) is 5.91 Å². The third-order valence-corrected chi connectivity index (χ3v) is 5.83. The van der Waals surface area contributed by atoms with Crippen LogP contribution in [0.3, 0.4) is 0 Å². The van der Waals surface area contributed by atoms with Crippen molar-refractivity contribution in [3.05, 3.63) is 18.1 Å². The summed E-state index contributed by atoms with van der Waals surface area (Å²) < 4.78 is 0. The number of aromatic amines is 1. The second-order valence-corrected chi connectivity index (χ2v) is 8.15. The van der Waals surface area contributed by atoms with Crippen molar-refractivity contribution in [2.45, 2.75) is 45.3 Å². The van der Waals surface area contributed by atoms with Crippen LogP contribution in [0, 0.1) is 5.92 Å². The Hall–Kier alpha value is -1.64. The molecule has 3 N–H and O–H groups in total. The molecule has 8 heteroatoms. The molecule has 0 saturated carbocycles. The number of aliphatic hydroxyl groups is 1. The van der Waals surface area contributed by atoms with Crippen molar-refractivity contribution in [1.29, 1.82) is 0 Å². The lowest BCUT2D eigenvalue weighted by Crippen LogP contribution is -2.21. The summed E-state index contributed by atoms with van der Waals surface area (Å²) in [6.07, 6.45) is 8.78. The number of thioether (sulfide) groups is 1. The van der Waals surface area contributed by atoms with Crippen LogP contribution in [-0.4, -0.2) is 62.1 Å². The molecule has 148 valence electrons. The van der Waals surface area contributed by atoms with E-state index in [0.717, 1.165) is 54.7 Å². The molecule has 1 aliphatic heterocycles. The molecule has 2 aromatic heterocycles. The first kappa shape index (κ1) is 20.1. The summed E-state index contributed by atoms with van der Waals surface area (Å²) in [5.74, 6) is 1.82. The fourth-order valence-corrected chi connectivity index (χ4v) is 4.38. The van der Waals surface area contributed by atoms with Crippen LogP contribution in [0.25, 0.3) is 11.0 Å². The highest BCUT2D eigenvalue weighted by atomic mass is 32.2. The Morgan fingerprint density at radius 1 is 1.41 bits per heavy atom. The Labute approximate surface area is 164 Å². The van der Waals surface area contributed by atoms with Crippen molar-refractivity contribution in [2.24, 2.45) is 5.92 Å². The number of anilines is 1. The van der Waals surface area contributed by atoms with E-state index in [9.17, 15) is 9.90 Å². The van der Waals surface area contributed by atoms with Crippen LogP contribution in [0.5, 0.6) is 0 Å². The van der Waals surface area contributed by atoms with Crippen molar-refractivity contribution in [3.63, 3.8) is 0 Å². The van der Waals surface area contributed by atoms with Gasteiger partial charge in [-0.1, -0.05) is 19.8 Å². The number of carbonyl (C=O) groups excluding carboxylic acids is 1. The predicted octanol–water partition coefficient (Wildman–Crippen LogP) is 2.63. The SMILES string of the molecule is CCCCCC(=O)Nc1ncnc2c(CN3CC(O)[C@@H](CSC)C3)c[nH]c12. The number of nitrogens with zero attached hydrogens (tertiary/aromatic N) is 3. The first-order valence-electron chi connectivity index (χ1n) is 9.62. The standard InChI is InChI=1S/C19H29N5O2S/c1-3-4-5-6-16(26)23-19-18-17(21-12-22-19)13(7-20-18)8-24-9-14(11-27-2)15(25)10-24/h7,12,14-15,20,25H,3-6,8-11H2,1-2H3,(H,21,22,23,26)/t14-,15?/m1/s1. The van der Waals surface area contributed by atoms with Gasteiger partial charge in [0.1, 0.15) is 11.8 Å². The summed E-state index contributed by atoms with van der Waals surface area (Å²) in [4.78, 5) is 26.3. The first-order valence-corrected chi connectivity index (χ1v) is 11.0. The van der Waals surface area contributed by atoms with Gasteiger partial charge in [0.15, 0.2) is 5.82 Å². The maximum absolute atomic E-state index is 12.1. The maximum atomic E-state index is 12.1. The quantitative estimate of drug-likeness (QED) is 0.569. The Bertz CT molecular complexity index is 766. The largest absolute Gasteiger partial charge is 0.391 e. The molecule has 1 amide bonds. The Kier molecular flexibility index (Phi) is 7.09. The molecule has 3 rings (SSSR count). The van der Waals surface area contributed by atoms with Crippen LogP contribution in [0.4, 0.5) is 5.82 Å². The monoisotopic (exact) mass is 391 g/mol. The minimum atomic E-state index is -0.268. The molecule has 1 unspecified atom stereocenters. The maximum Gasteiger partial charge on any atom is 0.225 e. The molecule has 2 atom stereocenters. The highest BCUT2D eigenvalue weighted by molar-refractivity contribution is 7.98. The van der Waals surface area contributed by atoms with Crippen LogP contribution in [-0.2, 0) is 11.3 Å². The van der Waals surface area contributed by atoms with Gasteiger partial charge in [-0.3, -0.25) is 9.69 Å². The van der Waals surface area contributed by atoms with Gasteiger partial charge in [0, 0.05) is 43.7 Å². The van der Waals surface area contributed by atoms with E-state index in [1.165, 1.54) is 6.33 Å². The number of aromatic nitrogens is 3. The molecule has 1 fully saturated rings. The number of fused-ring (bicyclic) bond motifs is 1. The molecule has 3 heterocycles. The molecule has 7 nitrogen and oxygen atoms in total. The lowest BCUT2D eigenvalue weighted by molar-refractivity contribution is -0.116. The summed E-state index contributed by atoms with van der Waals surface area (Å²) in [6.45, 7) is 4.42. The number of amides is 1. The molecular formula is C19H29N5O2S. The highest BCUT2D eigenvalue weighted by Gasteiger charge is 2.31. The van der Waals surface area contributed by atoms with E-state index in [2.05, 4.69) is 38.3 Å². The van der Waals surface area contributed by atoms with Crippen LogP contribution in [0.2, 0.25) is 0 Å². The summed E-state index contributed by atoms with van der Waals surface area (Å²) in [5.41, 5.74) is 2.65. The van der Waals surface area contributed by atoms with E-state index in [1.807, 2.05) is 6.20 Å². The lowest BCUT2D eigenvalue weighted by atomic mass is 10.1. The van der Waals surface area contributed by atoms with Gasteiger partial charge in [-0.25, -0.2) is 9.97 Å². The number of β-amino-alcohol motifs (C(OH)–C–C–N with tert-alkyl or cyclic N) is 1. The van der Waals surface area contributed by atoms with E-state index in [4.69, 9.17) is 0 Å². The smallest absolute Gasteiger partial charge is 0.225 e. The lowest BCUT2D eigenvalue weighted by Gasteiger charge is -2.14. The molecule has 0 aliphatic carbocycles. The van der Waals surface area contributed by atoms with Gasteiger partial charge in [-0.15, -0.1) is 0 Å². The van der Waals surface area contributed by atoms with Crippen LogP contribution >= 0.6 is 11.8 Å². The summed E-state index contributed by atoms with van der Waals surface area (Å²) in [6, 6.07) is 0. The third kappa shape index (κ3) is 5.00. The average Bonchev–Trinajstić information content (AvgIpc) is 3.20. The Balaban J connectivity index is 1.67. The van der Waals surface area contributed by atoms with E-state index < -0.39 is 0 Å². The van der Waals surface area contributed by atoms with Crippen molar-refractivity contribution >= 4 is 34.5 Å². The molecule has 0 aromatic carbocycles. The van der Waals surface area contributed by atoms with E-state index >= 15 is 0 Å². The van der Waals surface area contributed by atoms with Gasteiger partial charge in [-0.05, 0) is 18.4 Å². The number of hydrogen-bond donors (Lipinski definition) is 3. The number of hydrogen-bond acceptors (Lipinski definition) is 6. The number of nitrogens with one attached hydrogen (secondary N) is 2. The molecule has 1 aliphatic rings. The highest BCUT2D eigenvalue weighted by Crippen LogP contribution is 2.26. The molecule has 2 aromatic rings. The van der Waals surface area contributed by atoms with Crippen LogP contribution < -0.4 is 5.32 Å². The van der Waals surface area contributed by atoms with E-state index in [0.29, 0.717) is 24.7 Å². The molecule has 0 spiro atoms. The number of likely N-dealkylation sites (tertiary alicyclic amines) is 1. The fourth-order valence-electron chi connectivity index (χ4n) is 3.63.